The molecule has 0 bridgehead atoms. The molecule has 0 fully saturated rings. The van der Waals surface area contributed by atoms with Gasteiger partial charge in [-0.3, -0.25) is 0 Å². The van der Waals surface area contributed by atoms with Gasteiger partial charge in [0.1, 0.15) is 0 Å². The van der Waals surface area contributed by atoms with E-state index in [9.17, 15) is 7.38 Å². The molecule has 0 atom stereocenters. The van der Waals surface area contributed by atoms with Gasteiger partial charge < -0.3 is 0 Å². The SMILES string of the molecule is C=C[O][Ti]([OH])([OH])[O]C(OCC)OCC. The van der Waals surface area contributed by atoms with Gasteiger partial charge in [0.05, 0.1) is 0 Å². The molecule has 0 rings (SSSR count). The van der Waals surface area contributed by atoms with E-state index in [1.807, 2.05) is 0 Å². The van der Waals surface area contributed by atoms with E-state index in [-0.39, 0.29) is 0 Å². The molecule has 2 N–H and O–H groups in total. The van der Waals surface area contributed by atoms with E-state index in [1.54, 1.807) is 13.8 Å². The second-order valence-corrected chi connectivity index (χ2v) is 4.60. The van der Waals surface area contributed by atoms with Crippen LogP contribution in [0.1, 0.15) is 13.8 Å². The van der Waals surface area contributed by atoms with Gasteiger partial charge in [-0.25, -0.2) is 0 Å². The fourth-order valence-electron chi connectivity index (χ4n) is 0.650. The first-order valence-electron chi connectivity index (χ1n) is 4.20. The van der Waals surface area contributed by atoms with Crippen LogP contribution in [0.5, 0.6) is 0 Å². The standard InChI is InChI=1S/C5H11O3.C2H4O.2H2O.Ti/c1-3-7-5(6)8-4-2;1-2-3;;;/h5H,3-4H2,1-2H3;2-3H,1H2;2*1H2;/q-1;;;;+4/p-3. The second kappa shape index (κ2) is 7.36. The normalized spacial score (nSPS) is 11.8. The van der Waals surface area contributed by atoms with Gasteiger partial charge in [0.15, 0.2) is 0 Å². The molecule has 0 aliphatic heterocycles. The zero-order chi connectivity index (χ0) is 11.0. The first-order valence-corrected chi connectivity index (χ1v) is 6.87. The summed E-state index contributed by atoms with van der Waals surface area (Å²) in [5, 5.41) is 0. The van der Waals surface area contributed by atoms with Crippen LogP contribution in [0, 0.1) is 0 Å². The Labute approximate surface area is 88.3 Å². The zero-order valence-corrected chi connectivity index (χ0v) is 9.86. The monoisotopic (exact) mass is 244 g/mol. The fourth-order valence-corrected chi connectivity index (χ4v) is 1.68. The Morgan fingerprint density at radius 1 is 1.29 bits per heavy atom. The molecule has 0 saturated heterocycles. The number of hydrogen-bond donors (Lipinski definition) is 2. The van der Waals surface area contributed by atoms with Crippen molar-refractivity contribution < 1.29 is 41.6 Å². The van der Waals surface area contributed by atoms with E-state index >= 15 is 0 Å². The van der Waals surface area contributed by atoms with Gasteiger partial charge in [0.25, 0.3) is 0 Å². The topological polar surface area (TPSA) is 77.4 Å². The van der Waals surface area contributed by atoms with Crippen LogP contribution in [0.3, 0.4) is 0 Å². The maximum absolute atomic E-state index is 9.21. The van der Waals surface area contributed by atoms with Gasteiger partial charge in [0, 0.05) is 0 Å². The first-order chi connectivity index (χ1) is 6.55. The molecule has 84 valence electrons. The van der Waals surface area contributed by atoms with Crippen molar-refractivity contribution in [3.8, 4) is 0 Å². The summed E-state index contributed by atoms with van der Waals surface area (Å²) in [6, 6.07) is 0. The summed E-state index contributed by atoms with van der Waals surface area (Å²) >= 11 is -4.70. The minimum atomic E-state index is -4.70. The van der Waals surface area contributed by atoms with Crippen molar-refractivity contribution in [1.82, 2.24) is 0 Å². The zero-order valence-electron chi connectivity index (χ0n) is 8.30. The van der Waals surface area contributed by atoms with Crippen molar-refractivity contribution in [3.63, 3.8) is 0 Å². The summed E-state index contributed by atoms with van der Waals surface area (Å²) in [4.78, 5) is 0. The summed E-state index contributed by atoms with van der Waals surface area (Å²) in [7, 11) is 0. The summed E-state index contributed by atoms with van der Waals surface area (Å²) in [5.41, 5.74) is 0. The van der Waals surface area contributed by atoms with Crippen molar-refractivity contribution in [1.29, 1.82) is 0 Å². The molecule has 14 heavy (non-hydrogen) atoms. The van der Waals surface area contributed by atoms with Crippen LogP contribution in [0.15, 0.2) is 12.8 Å². The van der Waals surface area contributed by atoms with Crippen LogP contribution < -0.4 is 0 Å². The molecular formula is C7H16O6Ti. The summed E-state index contributed by atoms with van der Waals surface area (Å²) in [6.45, 7) is 6.20. The number of rotatable bonds is 8. The van der Waals surface area contributed by atoms with Crippen LogP contribution in [0.25, 0.3) is 0 Å². The predicted molar refractivity (Wildman–Crippen MR) is 43.8 cm³/mol. The molecule has 0 spiro atoms. The molecular weight excluding hydrogens is 228 g/mol. The van der Waals surface area contributed by atoms with Crippen molar-refractivity contribution in [2.24, 2.45) is 0 Å². The Balaban J connectivity index is 4.04. The van der Waals surface area contributed by atoms with E-state index < -0.39 is 24.6 Å². The Morgan fingerprint density at radius 3 is 2.14 bits per heavy atom. The minimum absolute atomic E-state index is 0.330. The molecule has 0 saturated carbocycles. The quantitative estimate of drug-likeness (QED) is 0.363. The average Bonchev–Trinajstić information content (AvgIpc) is 2.03. The second-order valence-electron chi connectivity index (χ2n) is 2.15. The Hall–Kier alpha value is 0.0543. The van der Waals surface area contributed by atoms with Gasteiger partial charge in [-0.2, -0.15) is 0 Å². The van der Waals surface area contributed by atoms with Gasteiger partial charge in [0.2, 0.25) is 0 Å². The fraction of sp³-hybridized carbons (Fsp3) is 0.714. The first kappa shape index (κ1) is 14.1. The maximum atomic E-state index is 9.21. The summed E-state index contributed by atoms with van der Waals surface area (Å²) in [6.07, 6.45) is 0.912. The molecule has 0 aromatic carbocycles. The van der Waals surface area contributed by atoms with E-state index in [0.29, 0.717) is 13.2 Å². The number of ether oxygens (including phenoxy) is 2. The molecule has 0 aliphatic rings. The van der Waals surface area contributed by atoms with E-state index in [4.69, 9.17) is 12.8 Å². The number of hydrogen-bond acceptors (Lipinski definition) is 6. The molecule has 0 heterocycles. The third-order valence-corrected chi connectivity index (χ3v) is 2.61. The van der Waals surface area contributed by atoms with Crippen molar-refractivity contribution in [3.05, 3.63) is 12.8 Å². The van der Waals surface area contributed by atoms with Gasteiger partial charge in [-0.1, -0.05) is 0 Å². The van der Waals surface area contributed by atoms with E-state index in [1.165, 1.54) is 0 Å². The molecule has 0 aromatic rings. The third-order valence-electron chi connectivity index (χ3n) is 1.09. The van der Waals surface area contributed by atoms with Crippen LogP contribution in [-0.4, -0.2) is 27.1 Å². The molecule has 0 unspecified atom stereocenters. The molecule has 0 radical (unpaired) electrons. The van der Waals surface area contributed by atoms with E-state index in [0.717, 1.165) is 6.26 Å². The Bertz CT molecular complexity index is 156. The van der Waals surface area contributed by atoms with Crippen LogP contribution >= 0.6 is 0 Å². The van der Waals surface area contributed by atoms with Gasteiger partial charge in [-0.15, -0.1) is 0 Å². The average molecular weight is 244 g/mol. The molecule has 0 aromatic heterocycles. The van der Waals surface area contributed by atoms with Crippen molar-refractivity contribution in [2.45, 2.75) is 20.3 Å². The van der Waals surface area contributed by atoms with Crippen molar-refractivity contribution >= 4 is 0 Å². The molecule has 0 amide bonds. The Morgan fingerprint density at radius 2 is 1.79 bits per heavy atom. The van der Waals surface area contributed by atoms with Gasteiger partial charge in [-0.05, 0) is 0 Å². The molecule has 0 aliphatic carbocycles. The van der Waals surface area contributed by atoms with Gasteiger partial charge >= 0.3 is 88.0 Å². The van der Waals surface area contributed by atoms with Crippen LogP contribution in [-0.2, 0) is 34.3 Å². The Kier molecular flexibility index (Phi) is 7.39. The molecule has 6 nitrogen and oxygen atoms in total. The summed E-state index contributed by atoms with van der Waals surface area (Å²) < 4.78 is 37.4. The van der Waals surface area contributed by atoms with Crippen molar-refractivity contribution in [2.75, 3.05) is 13.2 Å². The summed E-state index contributed by atoms with van der Waals surface area (Å²) in [5.74, 6) is 0. The van der Waals surface area contributed by atoms with Crippen LogP contribution in [0.4, 0.5) is 0 Å². The third kappa shape index (κ3) is 6.50. The van der Waals surface area contributed by atoms with E-state index in [2.05, 4.69) is 9.90 Å². The predicted octanol–water partition coefficient (Wildman–Crippen LogP) is 0.318. The van der Waals surface area contributed by atoms with Crippen LogP contribution in [0.2, 0.25) is 0 Å². The molecule has 7 heteroatoms.